The smallest absolute Gasteiger partial charge is 0.0367 e. The van der Waals surface area contributed by atoms with Crippen molar-refractivity contribution in [3.05, 3.63) is 59.7 Å². The highest BCUT2D eigenvalue weighted by Crippen LogP contribution is 2.16. The van der Waals surface area contributed by atoms with E-state index in [2.05, 4.69) is 84.5 Å². The van der Waals surface area contributed by atoms with Crippen LogP contribution in [0.4, 0.5) is 11.4 Å². The molecule has 0 atom stereocenters. The van der Waals surface area contributed by atoms with Crippen LogP contribution in [0.2, 0.25) is 0 Å². The molecular formula is C20H29N3. The number of nitrogens with one attached hydrogen (secondary N) is 1. The van der Waals surface area contributed by atoms with Gasteiger partial charge in [-0.05, 0) is 45.2 Å². The zero-order valence-corrected chi connectivity index (χ0v) is 14.8. The predicted octanol–water partition coefficient (Wildman–Crippen LogP) is 3.78. The van der Waals surface area contributed by atoms with Gasteiger partial charge in [-0.15, -0.1) is 0 Å². The third-order valence-corrected chi connectivity index (χ3v) is 4.24. The van der Waals surface area contributed by atoms with E-state index < -0.39 is 0 Å². The number of rotatable bonds is 2. The van der Waals surface area contributed by atoms with Crippen molar-refractivity contribution >= 4 is 11.4 Å². The van der Waals surface area contributed by atoms with E-state index in [1.165, 1.54) is 35.6 Å². The van der Waals surface area contributed by atoms with Crippen LogP contribution in [0.3, 0.4) is 0 Å². The maximum atomic E-state index is 3.05. The van der Waals surface area contributed by atoms with Crippen molar-refractivity contribution in [2.45, 2.75) is 13.8 Å². The molecule has 1 N–H and O–H groups in total. The molecule has 0 aromatic heterocycles. The third kappa shape index (κ3) is 5.61. The van der Waals surface area contributed by atoms with Gasteiger partial charge in [0.05, 0.1) is 0 Å². The van der Waals surface area contributed by atoms with Gasteiger partial charge in [-0.3, -0.25) is 0 Å². The van der Waals surface area contributed by atoms with Crippen LogP contribution in [0.5, 0.6) is 0 Å². The molecule has 1 aliphatic heterocycles. The van der Waals surface area contributed by atoms with Crippen molar-refractivity contribution in [2.75, 3.05) is 50.5 Å². The van der Waals surface area contributed by atoms with Crippen LogP contribution in [0.15, 0.2) is 48.5 Å². The molecule has 0 amide bonds. The molecule has 0 unspecified atom stereocenters. The van der Waals surface area contributed by atoms with Gasteiger partial charge in [0.1, 0.15) is 0 Å². The van der Waals surface area contributed by atoms with E-state index in [-0.39, 0.29) is 0 Å². The summed E-state index contributed by atoms with van der Waals surface area (Å²) in [6, 6.07) is 17.1. The molecule has 1 heterocycles. The second-order valence-electron chi connectivity index (χ2n) is 6.24. The van der Waals surface area contributed by atoms with Crippen molar-refractivity contribution in [1.29, 1.82) is 0 Å². The minimum absolute atomic E-state index is 1.15. The lowest BCUT2D eigenvalue weighted by Gasteiger charge is -2.34. The molecule has 3 rings (SSSR count). The number of nitrogens with zero attached hydrogens (tertiary/aromatic N) is 2. The third-order valence-electron chi connectivity index (χ3n) is 4.24. The average Bonchev–Trinajstić information content (AvgIpc) is 2.58. The molecule has 3 heteroatoms. The number of hydrogen-bond donors (Lipinski definition) is 1. The molecule has 0 aliphatic carbocycles. The molecule has 2 aromatic carbocycles. The largest absolute Gasteiger partial charge is 0.388 e. The van der Waals surface area contributed by atoms with Gasteiger partial charge in [0.15, 0.2) is 0 Å². The van der Waals surface area contributed by atoms with Crippen LogP contribution in [0, 0.1) is 13.8 Å². The summed E-state index contributed by atoms with van der Waals surface area (Å²) < 4.78 is 0. The number of anilines is 2. The Hall–Kier alpha value is -2.00. The molecule has 0 spiro atoms. The summed E-state index contributed by atoms with van der Waals surface area (Å²) in [5.74, 6) is 0. The highest BCUT2D eigenvalue weighted by atomic mass is 15.2. The molecular weight excluding hydrogens is 282 g/mol. The van der Waals surface area contributed by atoms with Crippen LogP contribution in [0.1, 0.15) is 11.1 Å². The number of benzene rings is 2. The summed E-state index contributed by atoms with van der Waals surface area (Å²) in [5, 5.41) is 3.05. The molecule has 124 valence electrons. The minimum Gasteiger partial charge on any atom is -0.388 e. The van der Waals surface area contributed by atoms with Gasteiger partial charge in [-0.2, -0.15) is 0 Å². The van der Waals surface area contributed by atoms with Crippen LogP contribution >= 0.6 is 0 Å². The molecule has 0 saturated carbocycles. The molecule has 1 saturated heterocycles. The Morgan fingerprint density at radius 2 is 1.22 bits per heavy atom. The predicted molar refractivity (Wildman–Crippen MR) is 102 cm³/mol. The molecule has 23 heavy (non-hydrogen) atoms. The molecule has 1 aliphatic rings. The normalized spacial score (nSPS) is 14.9. The van der Waals surface area contributed by atoms with Crippen LogP contribution in [0.25, 0.3) is 0 Å². The summed E-state index contributed by atoms with van der Waals surface area (Å²) in [6.45, 7) is 8.87. The van der Waals surface area contributed by atoms with Gasteiger partial charge in [0, 0.05) is 44.6 Å². The van der Waals surface area contributed by atoms with Crippen molar-refractivity contribution in [3.8, 4) is 0 Å². The van der Waals surface area contributed by atoms with E-state index in [1.807, 2.05) is 7.05 Å². The summed E-state index contributed by atoms with van der Waals surface area (Å²) in [7, 11) is 4.11. The van der Waals surface area contributed by atoms with E-state index in [9.17, 15) is 0 Å². The van der Waals surface area contributed by atoms with Gasteiger partial charge in [-0.1, -0.05) is 35.4 Å². The maximum Gasteiger partial charge on any atom is 0.0367 e. The van der Waals surface area contributed by atoms with Crippen LogP contribution < -0.4 is 10.2 Å². The first-order valence-electron chi connectivity index (χ1n) is 8.33. The Kier molecular flexibility index (Phi) is 6.48. The fourth-order valence-electron chi connectivity index (χ4n) is 2.54. The lowest BCUT2D eigenvalue weighted by Crippen LogP contribution is -2.44. The molecule has 1 fully saturated rings. The quantitative estimate of drug-likeness (QED) is 0.910. The Morgan fingerprint density at radius 3 is 1.70 bits per heavy atom. The van der Waals surface area contributed by atoms with E-state index in [0.29, 0.717) is 0 Å². The van der Waals surface area contributed by atoms with Crippen molar-refractivity contribution in [3.63, 3.8) is 0 Å². The second kappa shape index (κ2) is 8.59. The highest BCUT2D eigenvalue weighted by molar-refractivity contribution is 5.47. The second-order valence-corrected chi connectivity index (χ2v) is 6.24. The molecule has 2 aromatic rings. The maximum absolute atomic E-state index is 3.05. The fourth-order valence-corrected chi connectivity index (χ4v) is 2.54. The summed E-state index contributed by atoms with van der Waals surface area (Å²) >= 11 is 0. The zero-order chi connectivity index (χ0) is 16.7. The topological polar surface area (TPSA) is 18.5 Å². The number of aryl methyl sites for hydroxylation is 2. The zero-order valence-electron chi connectivity index (χ0n) is 14.8. The first kappa shape index (κ1) is 17.4. The SMILES string of the molecule is CNc1ccc(C)cc1.Cc1ccc(N2CCN(C)CC2)cc1. The number of piperazine rings is 1. The number of hydrogen-bond acceptors (Lipinski definition) is 3. The van der Waals surface area contributed by atoms with Crippen molar-refractivity contribution < 1.29 is 0 Å². The Morgan fingerprint density at radius 1 is 0.739 bits per heavy atom. The highest BCUT2D eigenvalue weighted by Gasteiger charge is 2.13. The molecule has 0 radical (unpaired) electrons. The van der Waals surface area contributed by atoms with E-state index in [0.717, 1.165) is 13.1 Å². The lowest BCUT2D eigenvalue weighted by atomic mass is 10.2. The van der Waals surface area contributed by atoms with Gasteiger partial charge in [-0.25, -0.2) is 0 Å². The Bertz CT molecular complexity index is 567. The Labute approximate surface area is 140 Å². The van der Waals surface area contributed by atoms with E-state index >= 15 is 0 Å². The first-order chi connectivity index (χ1) is 11.1. The van der Waals surface area contributed by atoms with Gasteiger partial charge < -0.3 is 15.1 Å². The monoisotopic (exact) mass is 311 g/mol. The van der Waals surface area contributed by atoms with Gasteiger partial charge >= 0.3 is 0 Å². The van der Waals surface area contributed by atoms with Crippen LogP contribution in [-0.2, 0) is 0 Å². The minimum atomic E-state index is 1.15. The van der Waals surface area contributed by atoms with E-state index in [4.69, 9.17) is 0 Å². The lowest BCUT2D eigenvalue weighted by molar-refractivity contribution is 0.313. The Balaban J connectivity index is 0.000000185. The fraction of sp³-hybridized carbons (Fsp3) is 0.400. The van der Waals surface area contributed by atoms with Crippen LogP contribution in [-0.4, -0.2) is 45.2 Å². The summed E-state index contributed by atoms with van der Waals surface area (Å²) in [4.78, 5) is 4.84. The standard InChI is InChI=1S/C12H18N2.C8H11N/c1-11-3-5-12(6-4-11)14-9-7-13(2)8-10-14;1-7-3-5-8(9-2)6-4-7/h3-6H,7-10H2,1-2H3;3-6,9H,1-2H3. The average molecular weight is 311 g/mol. The number of likely N-dealkylation sites (N-methyl/N-ethyl adjacent to an activating group) is 1. The van der Waals surface area contributed by atoms with Gasteiger partial charge in [0.25, 0.3) is 0 Å². The molecule has 0 bridgehead atoms. The van der Waals surface area contributed by atoms with Crippen molar-refractivity contribution in [1.82, 2.24) is 4.90 Å². The summed E-state index contributed by atoms with van der Waals surface area (Å²) in [6.07, 6.45) is 0. The molecule has 3 nitrogen and oxygen atoms in total. The van der Waals surface area contributed by atoms with Gasteiger partial charge in [0.2, 0.25) is 0 Å². The van der Waals surface area contributed by atoms with E-state index in [1.54, 1.807) is 0 Å². The summed E-state index contributed by atoms with van der Waals surface area (Å²) in [5.41, 5.74) is 5.17. The van der Waals surface area contributed by atoms with Crippen molar-refractivity contribution in [2.24, 2.45) is 0 Å². The first-order valence-corrected chi connectivity index (χ1v) is 8.33.